The maximum atomic E-state index is 11.7. The summed E-state index contributed by atoms with van der Waals surface area (Å²) in [5.74, 6) is -0.104. The molecule has 0 heterocycles. The minimum atomic E-state index is -3.57. The summed E-state index contributed by atoms with van der Waals surface area (Å²) in [6, 6.07) is 16.1. The summed E-state index contributed by atoms with van der Waals surface area (Å²) >= 11 is 0. The van der Waals surface area contributed by atoms with Crippen LogP contribution in [-0.2, 0) is 26.2 Å². The SMILES string of the molecule is COC(=O)CC(NCc1ccccc1)c1ccc(OS(C)(=O)=O)cc1. The summed E-state index contributed by atoms with van der Waals surface area (Å²) in [7, 11) is -2.22. The van der Waals surface area contributed by atoms with Crippen molar-refractivity contribution in [2.75, 3.05) is 13.4 Å². The molecule has 25 heavy (non-hydrogen) atoms. The third-order valence-corrected chi connectivity index (χ3v) is 4.02. The molecular weight excluding hydrogens is 342 g/mol. The van der Waals surface area contributed by atoms with Crippen molar-refractivity contribution in [2.45, 2.75) is 19.0 Å². The summed E-state index contributed by atoms with van der Waals surface area (Å²) in [6.07, 6.45) is 1.15. The molecule has 0 aliphatic heterocycles. The molecule has 7 heteroatoms. The van der Waals surface area contributed by atoms with Gasteiger partial charge in [-0.05, 0) is 23.3 Å². The number of carbonyl (C=O) groups is 1. The zero-order valence-corrected chi connectivity index (χ0v) is 15.0. The van der Waals surface area contributed by atoms with Crippen molar-refractivity contribution in [1.29, 1.82) is 0 Å². The Labute approximate surface area is 147 Å². The Bertz CT molecular complexity index is 788. The van der Waals surface area contributed by atoms with Gasteiger partial charge >= 0.3 is 16.1 Å². The zero-order chi connectivity index (χ0) is 18.3. The molecule has 1 N–H and O–H groups in total. The number of hydrogen-bond donors (Lipinski definition) is 1. The predicted molar refractivity (Wildman–Crippen MR) is 94.6 cm³/mol. The highest BCUT2D eigenvalue weighted by Gasteiger charge is 2.16. The van der Waals surface area contributed by atoms with Gasteiger partial charge in [-0.3, -0.25) is 4.79 Å². The molecule has 0 saturated carbocycles. The normalized spacial score (nSPS) is 12.4. The van der Waals surface area contributed by atoms with E-state index in [2.05, 4.69) is 5.32 Å². The van der Waals surface area contributed by atoms with Crippen LogP contribution in [0.4, 0.5) is 0 Å². The minimum absolute atomic E-state index is 0.162. The van der Waals surface area contributed by atoms with Gasteiger partial charge in [-0.2, -0.15) is 8.42 Å². The summed E-state index contributed by atoms with van der Waals surface area (Å²) in [4.78, 5) is 11.7. The number of rotatable bonds is 8. The molecule has 1 unspecified atom stereocenters. The number of benzene rings is 2. The summed E-state index contributed by atoms with van der Waals surface area (Å²) < 4.78 is 31.9. The van der Waals surface area contributed by atoms with Crippen molar-refractivity contribution in [3.05, 3.63) is 65.7 Å². The van der Waals surface area contributed by atoms with E-state index in [1.807, 2.05) is 30.3 Å². The maximum Gasteiger partial charge on any atom is 0.307 e. The van der Waals surface area contributed by atoms with Crippen molar-refractivity contribution in [3.63, 3.8) is 0 Å². The van der Waals surface area contributed by atoms with E-state index in [1.165, 1.54) is 7.11 Å². The second-order valence-electron chi connectivity index (χ2n) is 5.56. The van der Waals surface area contributed by atoms with Crippen molar-refractivity contribution in [3.8, 4) is 5.75 Å². The molecule has 0 aliphatic carbocycles. The van der Waals surface area contributed by atoms with Crippen LogP contribution >= 0.6 is 0 Å². The van der Waals surface area contributed by atoms with Gasteiger partial charge in [0.05, 0.1) is 19.8 Å². The first kappa shape index (κ1) is 19.0. The molecule has 0 saturated heterocycles. The van der Waals surface area contributed by atoms with Gasteiger partial charge in [0.2, 0.25) is 0 Å². The first-order valence-corrected chi connectivity index (χ1v) is 9.52. The smallest absolute Gasteiger partial charge is 0.307 e. The van der Waals surface area contributed by atoms with E-state index < -0.39 is 10.1 Å². The third-order valence-electron chi connectivity index (χ3n) is 3.52. The Morgan fingerprint density at radius 1 is 1.08 bits per heavy atom. The Morgan fingerprint density at radius 2 is 1.72 bits per heavy atom. The standard InChI is InChI=1S/C18H21NO5S/c1-23-18(20)12-17(19-13-14-6-4-3-5-7-14)15-8-10-16(11-9-15)24-25(2,21)22/h3-11,17,19H,12-13H2,1-2H3. The Hall–Kier alpha value is -2.38. The van der Waals surface area contributed by atoms with Crippen molar-refractivity contribution in [2.24, 2.45) is 0 Å². The van der Waals surface area contributed by atoms with E-state index in [9.17, 15) is 13.2 Å². The van der Waals surface area contributed by atoms with Crippen LogP contribution in [-0.4, -0.2) is 27.8 Å². The fraction of sp³-hybridized carbons (Fsp3) is 0.278. The summed E-state index contributed by atoms with van der Waals surface area (Å²) in [5, 5.41) is 3.33. The number of hydrogen-bond acceptors (Lipinski definition) is 6. The lowest BCUT2D eigenvalue weighted by atomic mass is 10.0. The molecule has 0 bridgehead atoms. The van der Waals surface area contributed by atoms with Crippen LogP contribution in [0.5, 0.6) is 5.75 Å². The van der Waals surface area contributed by atoms with Crippen LogP contribution < -0.4 is 9.50 Å². The average Bonchev–Trinajstić information content (AvgIpc) is 2.58. The van der Waals surface area contributed by atoms with Gasteiger partial charge in [-0.15, -0.1) is 0 Å². The van der Waals surface area contributed by atoms with E-state index in [0.717, 1.165) is 17.4 Å². The first-order chi connectivity index (χ1) is 11.9. The number of methoxy groups -OCH3 is 1. The topological polar surface area (TPSA) is 81.7 Å². The molecule has 0 aromatic heterocycles. The number of esters is 1. The van der Waals surface area contributed by atoms with Gasteiger partial charge in [0.1, 0.15) is 5.75 Å². The fourth-order valence-corrected chi connectivity index (χ4v) is 2.79. The highest BCUT2D eigenvalue weighted by atomic mass is 32.2. The van der Waals surface area contributed by atoms with E-state index in [4.69, 9.17) is 8.92 Å². The lowest BCUT2D eigenvalue weighted by Gasteiger charge is -2.18. The molecule has 0 radical (unpaired) electrons. The quantitative estimate of drug-likeness (QED) is 0.573. The highest BCUT2D eigenvalue weighted by Crippen LogP contribution is 2.22. The van der Waals surface area contributed by atoms with Crippen molar-refractivity contribution >= 4 is 16.1 Å². The van der Waals surface area contributed by atoms with Gasteiger partial charge < -0.3 is 14.2 Å². The van der Waals surface area contributed by atoms with Crippen LogP contribution in [0, 0.1) is 0 Å². The molecule has 2 aromatic rings. The molecule has 6 nitrogen and oxygen atoms in total. The summed E-state index contributed by atoms with van der Waals surface area (Å²) in [6.45, 7) is 0.587. The van der Waals surface area contributed by atoms with Crippen LogP contribution in [0.2, 0.25) is 0 Å². The second-order valence-corrected chi connectivity index (χ2v) is 7.13. The zero-order valence-electron chi connectivity index (χ0n) is 14.1. The van der Waals surface area contributed by atoms with E-state index in [0.29, 0.717) is 6.54 Å². The fourth-order valence-electron chi connectivity index (χ4n) is 2.33. The monoisotopic (exact) mass is 363 g/mol. The van der Waals surface area contributed by atoms with Crippen LogP contribution in [0.1, 0.15) is 23.6 Å². The van der Waals surface area contributed by atoms with E-state index in [1.54, 1.807) is 24.3 Å². The van der Waals surface area contributed by atoms with E-state index in [-0.39, 0.29) is 24.2 Å². The summed E-state index contributed by atoms with van der Waals surface area (Å²) in [5.41, 5.74) is 1.93. The highest BCUT2D eigenvalue weighted by molar-refractivity contribution is 7.86. The van der Waals surface area contributed by atoms with Crippen molar-refractivity contribution in [1.82, 2.24) is 5.32 Å². The lowest BCUT2D eigenvalue weighted by molar-refractivity contribution is -0.141. The molecule has 0 amide bonds. The second kappa shape index (κ2) is 8.64. The van der Waals surface area contributed by atoms with Crippen LogP contribution in [0.3, 0.4) is 0 Å². The molecule has 1 atom stereocenters. The number of nitrogens with one attached hydrogen (secondary N) is 1. The number of carbonyl (C=O) groups excluding carboxylic acids is 1. The third kappa shape index (κ3) is 6.56. The number of ether oxygens (including phenoxy) is 1. The van der Waals surface area contributed by atoms with Crippen molar-refractivity contribution < 1.29 is 22.1 Å². The Balaban J connectivity index is 2.12. The van der Waals surface area contributed by atoms with Gasteiger partial charge in [-0.1, -0.05) is 42.5 Å². The minimum Gasteiger partial charge on any atom is -0.469 e. The predicted octanol–water partition coefficient (Wildman–Crippen LogP) is 2.42. The molecule has 0 spiro atoms. The molecule has 2 rings (SSSR count). The maximum absolute atomic E-state index is 11.7. The molecule has 0 aliphatic rings. The van der Waals surface area contributed by atoms with Gasteiger partial charge in [0.25, 0.3) is 0 Å². The van der Waals surface area contributed by atoms with E-state index >= 15 is 0 Å². The Morgan fingerprint density at radius 3 is 2.28 bits per heavy atom. The average molecular weight is 363 g/mol. The lowest BCUT2D eigenvalue weighted by Crippen LogP contribution is -2.24. The molecule has 0 fully saturated rings. The largest absolute Gasteiger partial charge is 0.469 e. The van der Waals surface area contributed by atoms with Crippen LogP contribution in [0.25, 0.3) is 0 Å². The van der Waals surface area contributed by atoms with Gasteiger partial charge in [0.15, 0.2) is 0 Å². The molecular formula is C18H21NO5S. The Kier molecular flexibility index (Phi) is 6.55. The molecule has 134 valence electrons. The first-order valence-electron chi connectivity index (χ1n) is 7.71. The van der Waals surface area contributed by atoms with Gasteiger partial charge in [0, 0.05) is 12.6 Å². The van der Waals surface area contributed by atoms with Gasteiger partial charge in [-0.25, -0.2) is 0 Å². The molecule has 2 aromatic carbocycles. The van der Waals surface area contributed by atoms with Crippen LogP contribution in [0.15, 0.2) is 54.6 Å².